The van der Waals surface area contributed by atoms with Crippen LogP contribution >= 0.6 is 11.6 Å². The summed E-state index contributed by atoms with van der Waals surface area (Å²) in [7, 11) is 0. The molecule has 27 heavy (non-hydrogen) atoms. The van der Waals surface area contributed by atoms with Crippen molar-refractivity contribution in [3.05, 3.63) is 45.2 Å². The SMILES string of the molecule is CC(CCC(F)(F)F)(NC(=O)c1c[nH]c2ccc(Cl)cc2c1=O)C(F)(F)F. The highest BCUT2D eigenvalue weighted by Crippen LogP contribution is 2.37. The number of amides is 1. The van der Waals surface area contributed by atoms with Crippen molar-refractivity contribution in [3.63, 3.8) is 0 Å². The number of benzene rings is 1. The van der Waals surface area contributed by atoms with Gasteiger partial charge in [0.05, 0.1) is 0 Å². The molecule has 0 radical (unpaired) electrons. The van der Waals surface area contributed by atoms with E-state index >= 15 is 0 Å². The van der Waals surface area contributed by atoms with Gasteiger partial charge in [-0.05, 0) is 31.5 Å². The third kappa shape index (κ3) is 4.74. The highest BCUT2D eigenvalue weighted by Gasteiger charge is 2.53. The van der Waals surface area contributed by atoms with Gasteiger partial charge >= 0.3 is 12.4 Å². The predicted octanol–water partition coefficient (Wildman–Crippen LogP) is 4.57. The van der Waals surface area contributed by atoms with E-state index in [4.69, 9.17) is 11.6 Å². The van der Waals surface area contributed by atoms with Gasteiger partial charge in [0.1, 0.15) is 11.1 Å². The standard InChI is InChI=1S/C16H13ClF6N2O2/c1-14(16(21,22)23,4-5-15(18,19)20)25-13(27)10-7-24-11-3-2-8(17)6-9(11)12(10)26/h2-3,6-7H,4-5H2,1H3,(H,24,26)(H,25,27). The van der Waals surface area contributed by atoms with Crippen LogP contribution in [0.5, 0.6) is 0 Å². The summed E-state index contributed by atoms with van der Waals surface area (Å²) in [6.07, 6.45) is -12.3. The summed E-state index contributed by atoms with van der Waals surface area (Å²) in [5.74, 6) is -1.44. The number of hydrogen-bond acceptors (Lipinski definition) is 2. The molecular weight excluding hydrogens is 402 g/mol. The molecule has 0 fully saturated rings. The molecule has 1 aromatic heterocycles. The molecule has 2 N–H and O–H groups in total. The van der Waals surface area contributed by atoms with Gasteiger partial charge in [0.25, 0.3) is 5.91 Å². The normalized spacial score (nSPS) is 14.8. The van der Waals surface area contributed by atoms with Crippen molar-refractivity contribution in [3.8, 4) is 0 Å². The van der Waals surface area contributed by atoms with Crippen LogP contribution < -0.4 is 10.7 Å². The average Bonchev–Trinajstić information content (AvgIpc) is 2.52. The van der Waals surface area contributed by atoms with E-state index < -0.39 is 47.6 Å². The van der Waals surface area contributed by atoms with Crippen LogP contribution in [0, 0.1) is 0 Å². The van der Waals surface area contributed by atoms with Gasteiger partial charge in [0.2, 0.25) is 5.43 Å². The van der Waals surface area contributed by atoms with Crippen molar-refractivity contribution in [2.45, 2.75) is 37.7 Å². The number of aromatic amines is 1. The van der Waals surface area contributed by atoms with Crippen LogP contribution in [0.25, 0.3) is 10.9 Å². The van der Waals surface area contributed by atoms with Crippen LogP contribution in [0.3, 0.4) is 0 Å². The number of fused-ring (bicyclic) bond motifs is 1. The minimum Gasteiger partial charge on any atom is -0.360 e. The van der Waals surface area contributed by atoms with E-state index in [1.54, 1.807) is 0 Å². The number of halogens is 7. The van der Waals surface area contributed by atoms with Crippen molar-refractivity contribution in [2.75, 3.05) is 0 Å². The lowest BCUT2D eigenvalue weighted by molar-refractivity contribution is -0.201. The fourth-order valence-electron chi connectivity index (χ4n) is 2.34. The van der Waals surface area contributed by atoms with Crippen molar-refractivity contribution in [1.82, 2.24) is 10.3 Å². The Morgan fingerprint density at radius 3 is 2.33 bits per heavy atom. The third-order valence-electron chi connectivity index (χ3n) is 4.01. The molecule has 0 bridgehead atoms. The molecule has 2 rings (SSSR count). The first-order valence-electron chi connectivity index (χ1n) is 7.50. The van der Waals surface area contributed by atoms with Gasteiger partial charge in [-0.3, -0.25) is 9.59 Å². The Bertz CT molecular complexity index is 922. The molecule has 1 unspecified atom stereocenters. The van der Waals surface area contributed by atoms with Gasteiger partial charge in [-0.1, -0.05) is 11.6 Å². The van der Waals surface area contributed by atoms with Gasteiger partial charge in [0, 0.05) is 28.5 Å². The Labute approximate surface area is 153 Å². The molecule has 1 amide bonds. The maximum atomic E-state index is 13.3. The summed E-state index contributed by atoms with van der Waals surface area (Å²) < 4.78 is 76.9. The molecule has 11 heteroatoms. The Hall–Kier alpha value is -2.23. The number of carbonyl (C=O) groups excluding carboxylic acids is 1. The summed E-state index contributed by atoms with van der Waals surface area (Å²) in [4.78, 5) is 27.2. The minimum absolute atomic E-state index is 0.0425. The van der Waals surface area contributed by atoms with E-state index in [1.807, 2.05) is 0 Å². The lowest BCUT2D eigenvalue weighted by Crippen LogP contribution is -2.57. The van der Waals surface area contributed by atoms with E-state index in [-0.39, 0.29) is 15.9 Å². The minimum atomic E-state index is -5.17. The van der Waals surface area contributed by atoms with E-state index in [0.29, 0.717) is 6.92 Å². The molecule has 0 saturated carbocycles. The molecule has 2 aromatic rings. The van der Waals surface area contributed by atoms with E-state index in [9.17, 15) is 35.9 Å². The van der Waals surface area contributed by atoms with Gasteiger partial charge in [-0.25, -0.2) is 0 Å². The number of pyridine rings is 1. The summed E-state index contributed by atoms with van der Waals surface area (Å²) in [6, 6.07) is 4.11. The Balaban J connectivity index is 2.39. The molecule has 1 heterocycles. The second-order valence-corrected chi connectivity index (χ2v) is 6.56. The van der Waals surface area contributed by atoms with E-state index in [0.717, 1.165) is 6.20 Å². The molecule has 148 valence electrons. The summed E-state index contributed by atoms with van der Waals surface area (Å²) in [6.45, 7) is 0.433. The number of alkyl halides is 6. The molecule has 0 aliphatic rings. The van der Waals surface area contributed by atoms with Crippen LogP contribution in [0.2, 0.25) is 5.02 Å². The van der Waals surface area contributed by atoms with Gasteiger partial charge < -0.3 is 10.3 Å². The number of H-pyrrole nitrogens is 1. The molecule has 0 saturated heterocycles. The lowest BCUT2D eigenvalue weighted by Gasteiger charge is -2.33. The molecule has 4 nitrogen and oxygen atoms in total. The van der Waals surface area contributed by atoms with Crippen LogP contribution in [0.1, 0.15) is 30.1 Å². The number of carbonyl (C=O) groups is 1. The predicted molar refractivity (Wildman–Crippen MR) is 86.8 cm³/mol. The average molecular weight is 415 g/mol. The smallest absolute Gasteiger partial charge is 0.360 e. The van der Waals surface area contributed by atoms with Gasteiger partial charge in [-0.2, -0.15) is 26.3 Å². The van der Waals surface area contributed by atoms with E-state index in [2.05, 4.69) is 4.98 Å². The van der Waals surface area contributed by atoms with Gasteiger partial charge in [0.15, 0.2) is 0 Å². The zero-order chi connectivity index (χ0) is 20.6. The first-order valence-corrected chi connectivity index (χ1v) is 7.88. The summed E-state index contributed by atoms with van der Waals surface area (Å²) in [5.41, 5.74) is -4.46. The number of rotatable bonds is 4. The number of nitrogens with one attached hydrogen (secondary N) is 2. The first-order chi connectivity index (χ1) is 12.2. The van der Waals surface area contributed by atoms with Crippen LogP contribution in [-0.2, 0) is 0 Å². The fourth-order valence-corrected chi connectivity index (χ4v) is 2.52. The maximum Gasteiger partial charge on any atom is 0.411 e. The lowest BCUT2D eigenvalue weighted by atomic mass is 9.94. The monoisotopic (exact) mass is 414 g/mol. The van der Waals surface area contributed by atoms with Crippen molar-refractivity contribution in [1.29, 1.82) is 0 Å². The number of hydrogen-bond donors (Lipinski definition) is 2. The Kier molecular flexibility index (Phi) is 5.51. The van der Waals surface area contributed by atoms with Crippen LogP contribution in [-0.4, -0.2) is 28.8 Å². The van der Waals surface area contributed by atoms with Crippen molar-refractivity contribution in [2.24, 2.45) is 0 Å². The first kappa shape index (κ1) is 21.1. The van der Waals surface area contributed by atoms with E-state index in [1.165, 1.54) is 23.5 Å². The zero-order valence-electron chi connectivity index (χ0n) is 13.7. The summed E-state index contributed by atoms with van der Waals surface area (Å²) >= 11 is 5.76. The highest BCUT2D eigenvalue weighted by molar-refractivity contribution is 6.31. The Morgan fingerprint density at radius 2 is 1.78 bits per heavy atom. The molecular formula is C16H13ClF6N2O2. The third-order valence-corrected chi connectivity index (χ3v) is 4.25. The second-order valence-electron chi connectivity index (χ2n) is 6.12. The largest absolute Gasteiger partial charge is 0.411 e. The summed E-state index contributed by atoms with van der Waals surface area (Å²) in [5, 5.41) is 1.65. The highest BCUT2D eigenvalue weighted by atomic mass is 35.5. The van der Waals surface area contributed by atoms with Crippen molar-refractivity contribution < 1.29 is 31.1 Å². The quantitative estimate of drug-likeness (QED) is 0.720. The maximum absolute atomic E-state index is 13.3. The van der Waals surface area contributed by atoms with Crippen LogP contribution in [0.4, 0.5) is 26.3 Å². The molecule has 1 aromatic carbocycles. The molecule has 1 atom stereocenters. The van der Waals surface area contributed by atoms with Crippen LogP contribution in [0.15, 0.2) is 29.2 Å². The number of aromatic nitrogens is 1. The second kappa shape index (κ2) is 7.06. The molecule has 0 spiro atoms. The van der Waals surface area contributed by atoms with Crippen molar-refractivity contribution >= 4 is 28.4 Å². The Morgan fingerprint density at radius 1 is 1.15 bits per heavy atom. The molecule has 0 aliphatic carbocycles. The fraction of sp³-hybridized carbons (Fsp3) is 0.375. The van der Waals surface area contributed by atoms with Gasteiger partial charge in [-0.15, -0.1) is 0 Å². The zero-order valence-corrected chi connectivity index (χ0v) is 14.4. The topological polar surface area (TPSA) is 62.0 Å². The molecule has 0 aliphatic heterocycles.